The van der Waals surface area contributed by atoms with Crippen LogP contribution in [0.3, 0.4) is 0 Å². The summed E-state index contributed by atoms with van der Waals surface area (Å²) in [5.41, 5.74) is 1.75. The number of aliphatic carboxylic acids is 1. The average Bonchev–Trinajstić information content (AvgIpc) is 2.42. The highest BCUT2D eigenvalue weighted by Gasteiger charge is 2.00. The van der Waals surface area contributed by atoms with Crippen LogP contribution < -0.4 is 4.74 Å². The molecule has 3 nitrogen and oxygen atoms in total. The molecule has 0 bridgehead atoms. The minimum absolute atomic E-state index is 0.680. The molecule has 2 rings (SSSR count). The average molecular weight is 289 g/mol. The van der Waals surface area contributed by atoms with Crippen LogP contribution in [-0.4, -0.2) is 11.1 Å². The van der Waals surface area contributed by atoms with E-state index in [0.717, 1.165) is 17.2 Å². The Morgan fingerprint density at radius 3 is 2.40 bits per heavy atom. The highest BCUT2D eigenvalue weighted by atomic mass is 35.5. The summed E-state index contributed by atoms with van der Waals surface area (Å²) in [5.74, 6) is 0.418. The zero-order valence-electron chi connectivity index (χ0n) is 10.8. The van der Waals surface area contributed by atoms with Crippen molar-refractivity contribution >= 4 is 23.6 Å². The van der Waals surface area contributed by atoms with Crippen LogP contribution in [0.5, 0.6) is 11.5 Å². The van der Waals surface area contributed by atoms with Gasteiger partial charge in [-0.15, -0.1) is 0 Å². The number of aryl methyl sites for hydroxylation is 1. The van der Waals surface area contributed by atoms with Gasteiger partial charge in [0.2, 0.25) is 0 Å². The first-order valence-electron chi connectivity index (χ1n) is 6.00. The molecule has 20 heavy (non-hydrogen) atoms. The van der Waals surface area contributed by atoms with E-state index < -0.39 is 5.97 Å². The van der Waals surface area contributed by atoms with Gasteiger partial charge in [-0.2, -0.15) is 0 Å². The Labute approximate surface area is 122 Å². The number of hydrogen-bond donors (Lipinski definition) is 1. The molecule has 0 aliphatic heterocycles. The Balaban J connectivity index is 2.10. The number of benzene rings is 2. The van der Waals surface area contributed by atoms with Crippen molar-refractivity contribution < 1.29 is 14.6 Å². The lowest BCUT2D eigenvalue weighted by molar-refractivity contribution is -0.131. The summed E-state index contributed by atoms with van der Waals surface area (Å²) in [6.45, 7) is 1.91. The van der Waals surface area contributed by atoms with E-state index in [1.807, 2.05) is 13.0 Å². The third-order valence-corrected chi connectivity index (χ3v) is 3.09. The summed E-state index contributed by atoms with van der Waals surface area (Å²) >= 11 is 5.95. The first-order valence-corrected chi connectivity index (χ1v) is 6.37. The molecule has 4 heteroatoms. The minimum Gasteiger partial charge on any atom is -0.478 e. The van der Waals surface area contributed by atoms with Crippen molar-refractivity contribution in [3.8, 4) is 11.5 Å². The lowest BCUT2D eigenvalue weighted by Crippen LogP contribution is -1.87. The van der Waals surface area contributed by atoms with Gasteiger partial charge in [0.25, 0.3) is 0 Å². The van der Waals surface area contributed by atoms with Crippen molar-refractivity contribution in [2.24, 2.45) is 0 Å². The number of hydrogen-bond acceptors (Lipinski definition) is 2. The van der Waals surface area contributed by atoms with Crippen LogP contribution in [0, 0.1) is 6.92 Å². The predicted octanol–water partition coefficient (Wildman–Crippen LogP) is 4.54. The number of rotatable bonds is 4. The molecule has 0 spiro atoms. The van der Waals surface area contributed by atoms with Crippen molar-refractivity contribution in [2.45, 2.75) is 6.92 Å². The topological polar surface area (TPSA) is 46.5 Å². The van der Waals surface area contributed by atoms with Crippen molar-refractivity contribution in [3.05, 3.63) is 64.7 Å². The number of carboxylic acids is 1. The fraction of sp³-hybridized carbons (Fsp3) is 0.0625. The monoisotopic (exact) mass is 288 g/mol. The third kappa shape index (κ3) is 3.87. The molecule has 0 saturated heterocycles. The van der Waals surface area contributed by atoms with Crippen molar-refractivity contribution in [1.29, 1.82) is 0 Å². The molecular formula is C16H13ClO3. The smallest absolute Gasteiger partial charge is 0.328 e. The molecule has 0 heterocycles. The van der Waals surface area contributed by atoms with Gasteiger partial charge in [-0.3, -0.25) is 0 Å². The van der Waals surface area contributed by atoms with Gasteiger partial charge in [-0.1, -0.05) is 23.7 Å². The van der Waals surface area contributed by atoms with Gasteiger partial charge in [0.05, 0.1) is 0 Å². The zero-order valence-corrected chi connectivity index (χ0v) is 11.6. The van der Waals surface area contributed by atoms with E-state index in [-0.39, 0.29) is 0 Å². The second-order valence-electron chi connectivity index (χ2n) is 4.25. The van der Waals surface area contributed by atoms with Gasteiger partial charge < -0.3 is 9.84 Å². The number of carbonyl (C=O) groups is 1. The normalized spacial score (nSPS) is 10.7. The SMILES string of the molecule is Cc1cc(Oc2ccc(/C=C/C(=O)O)cc2)ccc1Cl. The number of carboxylic acid groups (broad SMARTS) is 1. The summed E-state index contributed by atoms with van der Waals surface area (Å²) in [7, 11) is 0. The highest BCUT2D eigenvalue weighted by Crippen LogP contribution is 2.26. The van der Waals surface area contributed by atoms with Gasteiger partial charge in [-0.05, 0) is 54.5 Å². The van der Waals surface area contributed by atoms with Gasteiger partial charge >= 0.3 is 5.97 Å². The maximum absolute atomic E-state index is 10.4. The standard InChI is InChI=1S/C16H13ClO3/c1-11-10-14(7-8-15(11)17)20-13-5-2-12(3-6-13)4-9-16(18)19/h2-10H,1H3,(H,18,19)/b9-4+. The summed E-state index contributed by atoms with van der Waals surface area (Å²) in [4.78, 5) is 10.4. The van der Waals surface area contributed by atoms with E-state index >= 15 is 0 Å². The summed E-state index contributed by atoms with van der Waals surface area (Å²) in [6.07, 6.45) is 2.62. The Kier molecular flexibility index (Phi) is 4.43. The molecule has 2 aromatic carbocycles. The molecule has 0 atom stereocenters. The molecule has 0 aliphatic carbocycles. The molecule has 0 unspecified atom stereocenters. The predicted molar refractivity (Wildman–Crippen MR) is 79.4 cm³/mol. The van der Waals surface area contributed by atoms with Crippen molar-refractivity contribution in [2.75, 3.05) is 0 Å². The Morgan fingerprint density at radius 2 is 1.80 bits per heavy atom. The molecule has 2 aromatic rings. The second-order valence-corrected chi connectivity index (χ2v) is 4.66. The van der Waals surface area contributed by atoms with E-state index in [1.165, 1.54) is 6.08 Å². The van der Waals surface area contributed by atoms with Gasteiger partial charge in [0.15, 0.2) is 0 Å². The Bertz CT molecular complexity index is 645. The maximum Gasteiger partial charge on any atom is 0.328 e. The van der Waals surface area contributed by atoms with Crippen molar-refractivity contribution in [3.63, 3.8) is 0 Å². The molecule has 0 aromatic heterocycles. The summed E-state index contributed by atoms with van der Waals surface area (Å²) in [6, 6.07) is 12.6. The minimum atomic E-state index is -0.970. The van der Waals surface area contributed by atoms with E-state index in [0.29, 0.717) is 16.5 Å². The Hall–Kier alpha value is -2.26. The van der Waals surface area contributed by atoms with Crippen LogP contribution in [0.2, 0.25) is 5.02 Å². The number of halogens is 1. The van der Waals surface area contributed by atoms with Crippen LogP contribution in [0.25, 0.3) is 6.08 Å². The zero-order chi connectivity index (χ0) is 14.5. The van der Waals surface area contributed by atoms with Gasteiger partial charge in [0.1, 0.15) is 11.5 Å². The largest absolute Gasteiger partial charge is 0.478 e. The summed E-state index contributed by atoms with van der Waals surface area (Å²) in [5, 5.41) is 9.25. The molecule has 1 N–H and O–H groups in total. The number of ether oxygens (including phenoxy) is 1. The molecule has 0 radical (unpaired) electrons. The Morgan fingerprint density at radius 1 is 1.15 bits per heavy atom. The van der Waals surface area contributed by atoms with E-state index in [4.69, 9.17) is 21.4 Å². The molecule has 0 amide bonds. The van der Waals surface area contributed by atoms with Crippen molar-refractivity contribution in [1.82, 2.24) is 0 Å². The van der Waals surface area contributed by atoms with E-state index in [9.17, 15) is 4.79 Å². The lowest BCUT2D eigenvalue weighted by Gasteiger charge is -2.07. The second kappa shape index (κ2) is 6.26. The first-order chi connectivity index (χ1) is 9.54. The lowest BCUT2D eigenvalue weighted by atomic mass is 10.2. The third-order valence-electron chi connectivity index (χ3n) is 2.66. The van der Waals surface area contributed by atoms with Crippen LogP contribution >= 0.6 is 11.6 Å². The molecule has 0 saturated carbocycles. The van der Waals surface area contributed by atoms with Gasteiger partial charge in [-0.25, -0.2) is 4.79 Å². The summed E-state index contributed by atoms with van der Waals surface area (Å²) < 4.78 is 5.70. The van der Waals surface area contributed by atoms with E-state index in [1.54, 1.807) is 36.4 Å². The fourth-order valence-corrected chi connectivity index (χ4v) is 1.75. The maximum atomic E-state index is 10.4. The van der Waals surface area contributed by atoms with Gasteiger partial charge in [0, 0.05) is 11.1 Å². The van der Waals surface area contributed by atoms with Crippen LogP contribution in [0.1, 0.15) is 11.1 Å². The molecule has 0 aliphatic rings. The van der Waals surface area contributed by atoms with Crippen LogP contribution in [0.4, 0.5) is 0 Å². The highest BCUT2D eigenvalue weighted by molar-refractivity contribution is 6.31. The molecule has 102 valence electrons. The molecule has 0 fully saturated rings. The van der Waals surface area contributed by atoms with Crippen LogP contribution in [0.15, 0.2) is 48.5 Å². The van der Waals surface area contributed by atoms with E-state index in [2.05, 4.69) is 0 Å². The quantitative estimate of drug-likeness (QED) is 0.840. The fourth-order valence-electron chi connectivity index (χ4n) is 1.63. The first kappa shape index (κ1) is 14.2. The van der Waals surface area contributed by atoms with Crippen LogP contribution in [-0.2, 0) is 4.79 Å². The molecular weight excluding hydrogens is 276 g/mol.